The van der Waals surface area contributed by atoms with Crippen LogP contribution in [0.5, 0.6) is 5.75 Å². The van der Waals surface area contributed by atoms with Crippen molar-refractivity contribution in [2.75, 3.05) is 7.11 Å². The molecule has 2 aliphatic rings. The van der Waals surface area contributed by atoms with E-state index < -0.39 is 0 Å². The number of nitrogens with one attached hydrogen (secondary N) is 1. The number of rotatable bonds is 5. The summed E-state index contributed by atoms with van der Waals surface area (Å²) in [5, 5.41) is 3.24. The van der Waals surface area contributed by atoms with Crippen LogP contribution in [0.25, 0.3) is 0 Å². The molecule has 1 amide bonds. The summed E-state index contributed by atoms with van der Waals surface area (Å²) in [5.41, 5.74) is 6.95. The highest BCUT2D eigenvalue weighted by atomic mass is 19.1. The molecule has 2 fully saturated rings. The third-order valence-corrected chi connectivity index (χ3v) is 5.56. The van der Waals surface area contributed by atoms with Crippen LogP contribution in [0.1, 0.15) is 44.1 Å². The molecule has 1 aromatic carbocycles. The summed E-state index contributed by atoms with van der Waals surface area (Å²) < 4.78 is 18.6. The lowest BCUT2D eigenvalue weighted by Crippen LogP contribution is -2.53. The quantitative estimate of drug-likeness (QED) is 0.870. The van der Waals surface area contributed by atoms with Crippen LogP contribution in [0.3, 0.4) is 0 Å². The van der Waals surface area contributed by atoms with Crippen LogP contribution in [0.15, 0.2) is 18.2 Å². The van der Waals surface area contributed by atoms with E-state index in [0.717, 1.165) is 18.4 Å². The molecule has 2 saturated carbocycles. The minimum Gasteiger partial charge on any atom is -0.494 e. The number of halogens is 1. The lowest BCUT2D eigenvalue weighted by molar-refractivity contribution is -0.123. The van der Waals surface area contributed by atoms with E-state index in [1.54, 1.807) is 6.07 Å². The summed E-state index contributed by atoms with van der Waals surface area (Å²) >= 11 is 0. The fourth-order valence-corrected chi connectivity index (χ4v) is 4.41. The Balaban J connectivity index is 1.53. The third kappa shape index (κ3) is 3.89. The Hall–Kier alpha value is -1.62. The fourth-order valence-electron chi connectivity index (χ4n) is 4.41. The van der Waals surface area contributed by atoms with Crippen molar-refractivity contribution in [3.63, 3.8) is 0 Å². The van der Waals surface area contributed by atoms with Crippen molar-refractivity contribution >= 4 is 5.91 Å². The van der Waals surface area contributed by atoms with Gasteiger partial charge >= 0.3 is 0 Å². The van der Waals surface area contributed by atoms with Gasteiger partial charge in [-0.15, -0.1) is 0 Å². The van der Waals surface area contributed by atoms with E-state index in [2.05, 4.69) is 5.32 Å². The maximum atomic E-state index is 13.7. The summed E-state index contributed by atoms with van der Waals surface area (Å²) in [6, 6.07) is 5.42. The standard InChI is InChI=1S/C19H27FN2O2/c1-24-17-7-5-12(9-16(17)20)6-8-18(23)22-19-13-3-2-4-14(19)11-15(21)10-13/h5,7,9,13-15,19H,2-4,6,8,10-11,21H2,1H3,(H,22,23). The molecule has 132 valence electrons. The average Bonchev–Trinajstić information content (AvgIpc) is 2.54. The molecule has 2 atom stereocenters. The normalized spacial score (nSPS) is 29.1. The molecule has 24 heavy (non-hydrogen) atoms. The van der Waals surface area contributed by atoms with Gasteiger partial charge in [-0.25, -0.2) is 4.39 Å². The monoisotopic (exact) mass is 334 g/mol. The number of benzene rings is 1. The molecule has 0 heterocycles. The number of hydrogen-bond acceptors (Lipinski definition) is 3. The summed E-state index contributed by atoms with van der Waals surface area (Å²) in [5.74, 6) is 0.953. The van der Waals surface area contributed by atoms with E-state index in [1.807, 2.05) is 6.07 Å². The molecule has 4 nitrogen and oxygen atoms in total. The minimum absolute atomic E-state index is 0.0589. The van der Waals surface area contributed by atoms with Crippen LogP contribution in [-0.4, -0.2) is 25.1 Å². The second kappa shape index (κ2) is 7.51. The van der Waals surface area contributed by atoms with Gasteiger partial charge in [-0.1, -0.05) is 12.5 Å². The lowest BCUT2D eigenvalue weighted by atomic mass is 9.67. The number of nitrogens with two attached hydrogens (primary N) is 1. The molecular formula is C19H27FN2O2. The van der Waals surface area contributed by atoms with Crippen LogP contribution in [-0.2, 0) is 11.2 Å². The molecule has 3 N–H and O–H groups in total. The Morgan fingerprint density at radius 3 is 2.67 bits per heavy atom. The number of ether oxygens (including phenoxy) is 1. The fraction of sp³-hybridized carbons (Fsp3) is 0.632. The van der Waals surface area contributed by atoms with Crippen molar-refractivity contribution in [3.05, 3.63) is 29.6 Å². The zero-order valence-corrected chi connectivity index (χ0v) is 14.3. The maximum absolute atomic E-state index is 13.7. The first-order chi connectivity index (χ1) is 11.6. The van der Waals surface area contributed by atoms with Crippen LogP contribution in [0.4, 0.5) is 4.39 Å². The summed E-state index contributed by atoms with van der Waals surface area (Å²) in [6.07, 6.45) is 6.54. The highest BCUT2D eigenvalue weighted by molar-refractivity contribution is 5.76. The predicted octanol–water partition coefficient (Wildman–Crippen LogP) is 2.79. The average molecular weight is 334 g/mol. The zero-order chi connectivity index (χ0) is 17.1. The molecule has 0 aromatic heterocycles. The Kier molecular flexibility index (Phi) is 5.39. The first-order valence-corrected chi connectivity index (χ1v) is 8.94. The second-order valence-electron chi connectivity index (χ2n) is 7.24. The SMILES string of the molecule is COc1ccc(CCC(=O)NC2C3CCCC2CC(N)C3)cc1F. The summed E-state index contributed by atoms with van der Waals surface area (Å²) in [4.78, 5) is 12.3. The Bertz CT molecular complexity index is 579. The Labute approximate surface area is 142 Å². The van der Waals surface area contributed by atoms with Gasteiger partial charge in [-0.2, -0.15) is 0 Å². The Morgan fingerprint density at radius 2 is 2.04 bits per heavy atom. The number of carbonyl (C=O) groups excluding carboxylic acids is 1. The predicted molar refractivity (Wildman–Crippen MR) is 91.2 cm³/mol. The van der Waals surface area contributed by atoms with Crippen molar-refractivity contribution in [2.24, 2.45) is 17.6 Å². The number of carbonyl (C=O) groups is 1. The first-order valence-electron chi connectivity index (χ1n) is 8.94. The van der Waals surface area contributed by atoms with Gasteiger partial charge in [-0.3, -0.25) is 4.79 Å². The molecule has 0 radical (unpaired) electrons. The van der Waals surface area contributed by atoms with Gasteiger partial charge < -0.3 is 15.8 Å². The molecule has 3 rings (SSSR count). The van der Waals surface area contributed by atoms with E-state index in [9.17, 15) is 9.18 Å². The van der Waals surface area contributed by atoms with E-state index in [1.165, 1.54) is 32.4 Å². The van der Waals surface area contributed by atoms with Gasteiger partial charge in [-0.05, 0) is 61.6 Å². The molecule has 2 unspecified atom stereocenters. The number of hydrogen-bond donors (Lipinski definition) is 2. The highest BCUT2D eigenvalue weighted by Gasteiger charge is 2.39. The lowest BCUT2D eigenvalue weighted by Gasteiger charge is -2.45. The van der Waals surface area contributed by atoms with E-state index >= 15 is 0 Å². The van der Waals surface area contributed by atoms with E-state index in [4.69, 9.17) is 10.5 Å². The van der Waals surface area contributed by atoms with Crippen LogP contribution in [0, 0.1) is 17.7 Å². The summed E-state index contributed by atoms with van der Waals surface area (Å²) in [7, 11) is 1.44. The summed E-state index contributed by atoms with van der Waals surface area (Å²) in [6.45, 7) is 0. The smallest absolute Gasteiger partial charge is 0.220 e. The topological polar surface area (TPSA) is 64.3 Å². The number of methoxy groups -OCH3 is 1. The molecule has 0 aliphatic heterocycles. The minimum atomic E-state index is -0.383. The first kappa shape index (κ1) is 17.2. The molecule has 2 bridgehead atoms. The highest BCUT2D eigenvalue weighted by Crippen LogP contribution is 2.39. The molecule has 2 aliphatic carbocycles. The van der Waals surface area contributed by atoms with Crippen molar-refractivity contribution in [1.82, 2.24) is 5.32 Å². The van der Waals surface area contributed by atoms with E-state index in [0.29, 0.717) is 24.7 Å². The zero-order valence-electron chi connectivity index (χ0n) is 14.3. The van der Waals surface area contributed by atoms with Gasteiger partial charge in [0.1, 0.15) is 0 Å². The second-order valence-corrected chi connectivity index (χ2v) is 7.24. The molecular weight excluding hydrogens is 307 g/mol. The number of fused-ring (bicyclic) bond motifs is 2. The van der Waals surface area contributed by atoms with Crippen LogP contribution < -0.4 is 15.8 Å². The molecule has 0 saturated heterocycles. The van der Waals surface area contributed by atoms with Crippen LogP contribution in [0.2, 0.25) is 0 Å². The Morgan fingerprint density at radius 1 is 1.33 bits per heavy atom. The van der Waals surface area contributed by atoms with Gasteiger partial charge in [0, 0.05) is 18.5 Å². The number of aryl methyl sites for hydroxylation is 1. The third-order valence-electron chi connectivity index (χ3n) is 5.56. The van der Waals surface area contributed by atoms with Crippen molar-refractivity contribution in [2.45, 2.75) is 57.0 Å². The maximum Gasteiger partial charge on any atom is 0.220 e. The van der Waals surface area contributed by atoms with Crippen LogP contribution >= 0.6 is 0 Å². The van der Waals surface area contributed by atoms with Gasteiger partial charge in [0.25, 0.3) is 0 Å². The van der Waals surface area contributed by atoms with Crippen molar-refractivity contribution in [3.8, 4) is 5.75 Å². The molecule has 1 aromatic rings. The van der Waals surface area contributed by atoms with Gasteiger partial charge in [0.2, 0.25) is 5.91 Å². The van der Waals surface area contributed by atoms with E-state index in [-0.39, 0.29) is 29.6 Å². The van der Waals surface area contributed by atoms with Crippen molar-refractivity contribution < 1.29 is 13.9 Å². The van der Waals surface area contributed by atoms with Gasteiger partial charge in [0.15, 0.2) is 11.6 Å². The van der Waals surface area contributed by atoms with Gasteiger partial charge in [0.05, 0.1) is 7.11 Å². The van der Waals surface area contributed by atoms with Crippen molar-refractivity contribution in [1.29, 1.82) is 0 Å². The number of amides is 1. The molecule has 5 heteroatoms. The molecule has 0 spiro atoms. The largest absolute Gasteiger partial charge is 0.494 e.